The van der Waals surface area contributed by atoms with Gasteiger partial charge in [-0.3, -0.25) is 9.52 Å². The smallest absolute Gasteiger partial charge is 0.262 e. The Labute approximate surface area is 149 Å². The lowest BCUT2D eigenvalue weighted by Gasteiger charge is -2.33. The molecule has 1 aliphatic heterocycles. The molecule has 0 aromatic heterocycles. The summed E-state index contributed by atoms with van der Waals surface area (Å²) in [6.07, 6.45) is -0.242. The SMILES string of the molecule is CC(=O)N1CC(C)Oc2ccc(S(=O)(=O)Nc3cc(F)ccc3F)cc21. The second-order valence-electron chi connectivity index (χ2n) is 5.92. The average Bonchev–Trinajstić information content (AvgIpc) is 2.56. The first-order chi connectivity index (χ1) is 12.2. The zero-order valence-corrected chi connectivity index (χ0v) is 14.8. The van der Waals surface area contributed by atoms with Crippen molar-refractivity contribution in [3.63, 3.8) is 0 Å². The molecule has 0 fully saturated rings. The van der Waals surface area contributed by atoms with E-state index in [0.717, 1.165) is 18.2 Å². The fourth-order valence-corrected chi connectivity index (χ4v) is 3.74. The first-order valence-corrected chi connectivity index (χ1v) is 9.22. The van der Waals surface area contributed by atoms with Crippen LogP contribution in [-0.4, -0.2) is 27.0 Å². The number of carbonyl (C=O) groups excluding carboxylic acids is 1. The van der Waals surface area contributed by atoms with Gasteiger partial charge in [-0.2, -0.15) is 0 Å². The molecule has 1 atom stereocenters. The zero-order chi connectivity index (χ0) is 19.1. The fourth-order valence-electron chi connectivity index (χ4n) is 2.66. The minimum atomic E-state index is -4.20. The van der Waals surface area contributed by atoms with Gasteiger partial charge in [-0.05, 0) is 37.3 Å². The quantitative estimate of drug-likeness (QED) is 0.886. The Hall–Kier alpha value is -2.68. The molecule has 0 bridgehead atoms. The molecule has 2 aromatic carbocycles. The molecule has 1 N–H and O–H groups in total. The number of hydrogen-bond donors (Lipinski definition) is 1. The largest absolute Gasteiger partial charge is 0.487 e. The molecule has 0 radical (unpaired) electrons. The van der Waals surface area contributed by atoms with Crippen molar-refractivity contribution in [3.05, 3.63) is 48.0 Å². The van der Waals surface area contributed by atoms with E-state index in [1.54, 1.807) is 6.92 Å². The van der Waals surface area contributed by atoms with E-state index in [1.165, 1.54) is 30.0 Å². The number of benzene rings is 2. The Morgan fingerprint density at radius 2 is 1.96 bits per heavy atom. The lowest BCUT2D eigenvalue weighted by atomic mass is 10.2. The molecular formula is C17H16F2N2O4S. The van der Waals surface area contributed by atoms with Crippen LogP contribution in [0.15, 0.2) is 41.3 Å². The van der Waals surface area contributed by atoms with E-state index >= 15 is 0 Å². The second kappa shape index (κ2) is 6.56. The summed E-state index contributed by atoms with van der Waals surface area (Å²) in [5.74, 6) is -1.58. The number of ether oxygens (including phenoxy) is 1. The topological polar surface area (TPSA) is 75.7 Å². The molecule has 0 saturated carbocycles. The summed E-state index contributed by atoms with van der Waals surface area (Å²) >= 11 is 0. The van der Waals surface area contributed by atoms with Crippen LogP contribution >= 0.6 is 0 Å². The van der Waals surface area contributed by atoms with Gasteiger partial charge >= 0.3 is 0 Å². The second-order valence-corrected chi connectivity index (χ2v) is 7.60. The molecule has 2 aromatic rings. The van der Waals surface area contributed by atoms with Crippen LogP contribution in [0.1, 0.15) is 13.8 Å². The van der Waals surface area contributed by atoms with Crippen molar-refractivity contribution in [3.8, 4) is 5.75 Å². The van der Waals surface area contributed by atoms with E-state index in [0.29, 0.717) is 11.4 Å². The van der Waals surface area contributed by atoms with E-state index in [-0.39, 0.29) is 23.5 Å². The molecule has 6 nitrogen and oxygen atoms in total. The fraction of sp³-hybridized carbons (Fsp3) is 0.235. The van der Waals surface area contributed by atoms with Crippen molar-refractivity contribution < 1.29 is 26.7 Å². The van der Waals surface area contributed by atoms with Gasteiger partial charge in [0.2, 0.25) is 5.91 Å². The lowest BCUT2D eigenvalue weighted by molar-refractivity contribution is -0.117. The Balaban J connectivity index is 2.00. The van der Waals surface area contributed by atoms with Crippen LogP contribution in [0.4, 0.5) is 20.2 Å². The minimum Gasteiger partial charge on any atom is -0.487 e. The van der Waals surface area contributed by atoms with Crippen molar-refractivity contribution in [2.24, 2.45) is 0 Å². The number of nitrogens with zero attached hydrogens (tertiary/aromatic N) is 1. The summed E-state index contributed by atoms with van der Waals surface area (Å²) in [5, 5.41) is 0. The third kappa shape index (κ3) is 3.48. The van der Waals surface area contributed by atoms with E-state index in [1.807, 2.05) is 4.72 Å². The summed E-state index contributed by atoms with van der Waals surface area (Å²) in [6, 6.07) is 6.42. The molecule has 1 heterocycles. The number of hydrogen-bond acceptors (Lipinski definition) is 4. The van der Waals surface area contributed by atoms with Crippen LogP contribution in [-0.2, 0) is 14.8 Å². The van der Waals surface area contributed by atoms with Gasteiger partial charge in [0.15, 0.2) is 0 Å². The number of nitrogens with one attached hydrogen (secondary N) is 1. The van der Waals surface area contributed by atoms with Crippen molar-refractivity contribution >= 4 is 27.3 Å². The zero-order valence-electron chi connectivity index (χ0n) is 14.0. The number of rotatable bonds is 3. The normalized spacial score (nSPS) is 16.6. The molecule has 26 heavy (non-hydrogen) atoms. The molecule has 1 unspecified atom stereocenters. The summed E-state index contributed by atoms with van der Waals surface area (Å²) in [7, 11) is -4.20. The van der Waals surface area contributed by atoms with Crippen LogP contribution in [0, 0.1) is 11.6 Å². The van der Waals surface area contributed by atoms with Gasteiger partial charge in [0.25, 0.3) is 10.0 Å². The Bertz CT molecular complexity index is 979. The molecule has 0 saturated heterocycles. The van der Waals surface area contributed by atoms with Crippen molar-refractivity contribution in [1.82, 2.24) is 0 Å². The van der Waals surface area contributed by atoms with Gasteiger partial charge in [-0.25, -0.2) is 17.2 Å². The first kappa shape index (κ1) is 18.1. The molecule has 1 amide bonds. The summed E-state index contributed by atoms with van der Waals surface area (Å²) in [4.78, 5) is 13.1. The minimum absolute atomic E-state index is 0.204. The van der Waals surface area contributed by atoms with Crippen LogP contribution in [0.3, 0.4) is 0 Å². The maximum absolute atomic E-state index is 13.7. The number of amides is 1. The third-order valence-corrected chi connectivity index (χ3v) is 5.22. The number of carbonyl (C=O) groups is 1. The first-order valence-electron chi connectivity index (χ1n) is 7.74. The summed E-state index contributed by atoms with van der Waals surface area (Å²) in [5.41, 5.74) is -0.200. The third-order valence-electron chi connectivity index (χ3n) is 3.85. The predicted molar refractivity (Wildman–Crippen MR) is 91.7 cm³/mol. The molecule has 1 aliphatic rings. The average molecular weight is 382 g/mol. The van der Waals surface area contributed by atoms with Crippen LogP contribution in [0.25, 0.3) is 0 Å². The molecule has 0 aliphatic carbocycles. The number of fused-ring (bicyclic) bond motifs is 1. The van der Waals surface area contributed by atoms with E-state index in [9.17, 15) is 22.0 Å². The molecular weight excluding hydrogens is 366 g/mol. The molecule has 9 heteroatoms. The molecule has 3 rings (SSSR count). The maximum atomic E-state index is 13.7. The highest BCUT2D eigenvalue weighted by atomic mass is 32.2. The Kier molecular flexibility index (Phi) is 4.57. The highest BCUT2D eigenvalue weighted by Gasteiger charge is 2.28. The monoisotopic (exact) mass is 382 g/mol. The van der Waals surface area contributed by atoms with Crippen molar-refractivity contribution in [2.45, 2.75) is 24.8 Å². The highest BCUT2D eigenvalue weighted by Crippen LogP contribution is 2.36. The van der Waals surface area contributed by atoms with Crippen LogP contribution in [0.5, 0.6) is 5.75 Å². The van der Waals surface area contributed by atoms with Gasteiger partial charge in [0.05, 0.1) is 22.8 Å². The molecule has 138 valence electrons. The van der Waals surface area contributed by atoms with Gasteiger partial charge in [0, 0.05) is 13.0 Å². The van der Waals surface area contributed by atoms with E-state index in [2.05, 4.69) is 0 Å². The van der Waals surface area contributed by atoms with E-state index in [4.69, 9.17) is 4.74 Å². The summed E-state index contributed by atoms with van der Waals surface area (Å²) in [6.45, 7) is 3.43. The van der Waals surface area contributed by atoms with Gasteiger partial charge < -0.3 is 9.64 Å². The van der Waals surface area contributed by atoms with Crippen molar-refractivity contribution in [1.29, 1.82) is 0 Å². The maximum Gasteiger partial charge on any atom is 0.262 e. The van der Waals surface area contributed by atoms with Crippen LogP contribution in [0.2, 0.25) is 0 Å². The summed E-state index contributed by atoms with van der Waals surface area (Å²) < 4.78 is 59.7. The highest BCUT2D eigenvalue weighted by molar-refractivity contribution is 7.92. The lowest BCUT2D eigenvalue weighted by Crippen LogP contribution is -2.41. The number of anilines is 2. The number of halogens is 2. The molecule has 0 spiro atoms. The van der Waals surface area contributed by atoms with Crippen molar-refractivity contribution in [2.75, 3.05) is 16.2 Å². The Morgan fingerprint density at radius 3 is 2.65 bits per heavy atom. The standard InChI is InChI=1S/C17H16F2N2O4S/c1-10-9-21(11(2)22)16-8-13(4-6-17(16)25-10)26(23,24)20-15-7-12(18)3-5-14(15)19/h3-8,10,20H,9H2,1-2H3. The Morgan fingerprint density at radius 1 is 1.23 bits per heavy atom. The van der Waals surface area contributed by atoms with Crippen LogP contribution < -0.4 is 14.4 Å². The van der Waals surface area contributed by atoms with Gasteiger partial charge in [-0.1, -0.05) is 0 Å². The number of sulfonamides is 1. The van der Waals surface area contributed by atoms with Gasteiger partial charge in [-0.15, -0.1) is 0 Å². The van der Waals surface area contributed by atoms with E-state index < -0.39 is 27.3 Å². The predicted octanol–water partition coefficient (Wildman–Crippen LogP) is 2.90. The van der Waals surface area contributed by atoms with Gasteiger partial charge in [0.1, 0.15) is 23.5 Å².